The van der Waals surface area contributed by atoms with Crippen molar-refractivity contribution in [3.05, 3.63) is 65.9 Å². The van der Waals surface area contributed by atoms with E-state index < -0.39 is 5.60 Å². The topological polar surface area (TPSA) is 64.3 Å². The Labute approximate surface area is 158 Å². The van der Waals surface area contributed by atoms with Crippen molar-refractivity contribution in [2.45, 2.75) is 31.8 Å². The molecule has 1 N–H and O–H groups in total. The Balaban J connectivity index is 1.84. The van der Waals surface area contributed by atoms with E-state index in [1.165, 1.54) is 5.56 Å². The van der Waals surface area contributed by atoms with Gasteiger partial charge in [-0.05, 0) is 43.7 Å². The van der Waals surface area contributed by atoms with Crippen LogP contribution < -0.4 is 4.74 Å². The Kier molecular flexibility index (Phi) is 4.32. The minimum atomic E-state index is -1.19. The standard InChI is InChI=1S/C22H22N2O3/c1-15-3-5-16(6-4-15)20-13-21(22(26)12-11-18(25)14-22)23-24(20)17-7-9-19(27-2)10-8-17/h3-10,13,26H,11-12,14H2,1-2H3. The highest BCUT2D eigenvalue weighted by molar-refractivity contribution is 5.82. The second-order valence-electron chi connectivity index (χ2n) is 7.14. The van der Waals surface area contributed by atoms with Crippen molar-refractivity contribution in [1.29, 1.82) is 0 Å². The number of aromatic nitrogens is 2. The summed E-state index contributed by atoms with van der Waals surface area (Å²) >= 11 is 0. The van der Waals surface area contributed by atoms with Crippen LogP contribution in [0.1, 0.15) is 30.5 Å². The number of hydrogen-bond acceptors (Lipinski definition) is 4. The molecule has 1 aromatic heterocycles. The SMILES string of the molecule is COc1ccc(-n2nc(C3(O)CCC(=O)C3)cc2-c2ccc(C)cc2)cc1. The molecule has 138 valence electrons. The molecule has 3 aromatic rings. The highest BCUT2D eigenvalue weighted by Crippen LogP contribution is 2.38. The van der Waals surface area contributed by atoms with E-state index in [-0.39, 0.29) is 12.2 Å². The van der Waals surface area contributed by atoms with Crippen molar-refractivity contribution in [3.63, 3.8) is 0 Å². The summed E-state index contributed by atoms with van der Waals surface area (Å²) in [4.78, 5) is 11.8. The van der Waals surface area contributed by atoms with Gasteiger partial charge in [0.25, 0.3) is 0 Å². The van der Waals surface area contributed by atoms with E-state index in [0.29, 0.717) is 18.5 Å². The summed E-state index contributed by atoms with van der Waals surface area (Å²) in [6, 6.07) is 17.7. The number of carbonyl (C=O) groups excluding carboxylic acids is 1. The molecular weight excluding hydrogens is 340 g/mol. The zero-order valence-electron chi connectivity index (χ0n) is 15.5. The Bertz CT molecular complexity index is 974. The molecule has 0 aliphatic heterocycles. The molecule has 1 aliphatic rings. The first-order valence-electron chi connectivity index (χ1n) is 9.05. The molecule has 1 fully saturated rings. The molecule has 0 radical (unpaired) electrons. The van der Waals surface area contributed by atoms with Gasteiger partial charge in [0, 0.05) is 18.4 Å². The maximum absolute atomic E-state index is 11.8. The Morgan fingerprint density at radius 3 is 2.41 bits per heavy atom. The molecule has 1 unspecified atom stereocenters. The van der Waals surface area contributed by atoms with E-state index in [2.05, 4.69) is 0 Å². The lowest BCUT2D eigenvalue weighted by atomic mass is 9.97. The van der Waals surface area contributed by atoms with Crippen LogP contribution in [-0.2, 0) is 10.4 Å². The zero-order valence-corrected chi connectivity index (χ0v) is 15.5. The maximum Gasteiger partial charge on any atom is 0.136 e. The van der Waals surface area contributed by atoms with Gasteiger partial charge in [0.1, 0.15) is 17.1 Å². The number of rotatable bonds is 4. The number of Topliss-reactive ketones (excluding diaryl/α,β-unsaturated/α-hetero) is 1. The average molecular weight is 362 g/mol. The highest BCUT2D eigenvalue weighted by atomic mass is 16.5. The molecule has 4 rings (SSSR count). The van der Waals surface area contributed by atoms with E-state index in [1.54, 1.807) is 7.11 Å². The molecule has 0 amide bonds. The summed E-state index contributed by atoms with van der Waals surface area (Å²) in [6.45, 7) is 2.04. The molecule has 27 heavy (non-hydrogen) atoms. The molecule has 2 aromatic carbocycles. The van der Waals surface area contributed by atoms with Crippen molar-refractivity contribution in [2.75, 3.05) is 7.11 Å². The fourth-order valence-corrected chi connectivity index (χ4v) is 3.53. The Hall–Kier alpha value is -2.92. The van der Waals surface area contributed by atoms with Crippen LogP contribution in [0.3, 0.4) is 0 Å². The first-order chi connectivity index (χ1) is 13.0. The lowest BCUT2D eigenvalue weighted by Crippen LogP contribution is -2.22. The van der Waals surface area contributed by atoms with Crippen molar-refractivity contribution in [3.8, 4) is 22.7 Å². The number of carbonyl (C=O) groups is 1. The summed E-state index contributed by atoms with van der Waals surface area (Å²) in [6.07, 6.45) is 0.935. The van der Waals surface area contributed by atoms with Gasteiger partial charge in [-0.25, -0.2) is 4.68 Å². The normalized spacial score (nSPS) is 19.4. The predicted molar refractivity (Wildman–Crippen MR) is 103 cm³/mol. The average Bonchev–Trinajstić information content (AvgIpc) is 3.27. The van der Waals surface area contributed by atoms with E-state index in [4.69, 9.17) is 9.84 Å². The van der Waals surface area contributed by atoms with Crippen LogP contribution in [0.15, 0.2) is 54.6 Å². The van der Waals surface area contributed by atoms with E-state index in [0.717, 1.165) is 22.7 Å². The Morgan fingerprint density at radius 2 is 1.81 bits per heavy atom. The fourth-order valence-electron chi connectivity index (χ4n) is 3.53. The third-order valence-corrected chi connectivity index (χ3v) is 5.16. The highest BCUT2D eigenvalue weighted by Gasteiger charge is 2.40. The molecule has 0 saturated heterocycles. The minimum absolute atomic E-state index is 0.0772. The monoisotopic (exact) mass is 362 g/mol. The van der Waals surface area contributed by atoms with Gasteiger partial charge in [0.15, 0.2) is 0 Å². The van der Waals surface area contributed by atoms with Crippen LogP contribution >= 0.6 is 0 Å². The van der Waals surface area contributed by atoms with Crippen molar-refractivity contribution in [2.24, 2.45) is 0 Å². The Morgan fingerprint density at radius 1 is 1.11 bits per heavy atom. The van der Waals surface area contributed by atoms with Gasteiger partial charge in [-0.3, -0.25) is 4.79 Å². The summed E-state index contributed by atoms with van der Waals surface area (Å²) in [7, 11) is 1.63. The van der Waals surface area contributed by atoms with Crippen LogP contribution in [0.4, 0.5) is 0 Å². The van der Waals surface area contributed by atoms with Crippen LogP contribution in [0, 0.1) is 6.92 Å². The third-order valence-electron chi connectivity index (χ3n) is 5.16. The molecule has 1 atom stereocenters. The fraction of sp³-hybridized carbons (Fsp3) is 0.273. The minimum Gasteiger partial charge on any atom is -0.497 e. The molecule has 1 heterocycles. The number of nitrogens with zero attached hydrogens (tertiary/aromatic N) is 2. The number of aliphatic hydroxyl groups is 1. The van der Waals surface area contributed by atoms with Crippen LogP contribution in [-0.4, -0.2) is 27.8 Å². The second kappa shape index (κ2) is 6.67. The summed E-state index contributed by atoms with van der Waals surface area (Å²) in [5.74, 6) is 0.844. The molecule has 1 aliphatic carbocycles. The third kappa shape index (κ3) is 3.26. The van der Waals surface area contributed by atoms with Gasteiger partial charge < -0.3 is 9.84 Å². The maximum atomic E-state index is 11.8. The zero-order chi connectivity index (χ0) is 19.0. The van der Waals surface area contributed by atoms with Crippen LogP contribution in [0.2, 0.25) is 0 Å². The summed E-state index contributed by atoms with van der Waals surface area (Å²) < 4.78 is 7.06. The molecule has 0 bridgehead atoms. The molecule has 5 nitrogen and oxygen atoms in total. The van der Waals surface area contributed by atoms with Crippen molar-refractivity contribution in [1.82, 2.24) is 9.78 Å². The summed E-state index contributed by atoms with van der Waals surface area (Å²) in [5.41, 5.74) is 3.28. The molecule has 5 heteroatoms. The van der Waals surface area contributed by atoms with E-state index in [1.807, 2.05) is 66.2 Å². The second-order valence-corrected chi connectivity index (χ2v) is 7.14. The lowest BCUT2D eigenvalue weighted by molar-refractivity contribution is -0.119. The predicted octanol–water partition coefficient (Wildman–Crippen LogP) is 3.80. The first-order valence-corrected chi connectivity index (χ1v) is 9.05. The number of hydrogen-bond donors (Lipinski definition) is 1. The van der Waals surface area contributed by atoms with Gasteiger partial charge in [0.2, 0.25) is 0 Å². The van der Waals surface area contributed by atoms with Gasteiger partial charge >= 0.3 is 0 Å². The number of benzene rings is 2. The number of ketones is 1. The molecular formula is C22H22N2O3. The van der Waals surface area contributed by atoms with E-state index >= 15 is 0 Å². The van der Waals surface area contributed by atoms with E-state index in [9.17, 15) is 9.90 Å². The number of ether oxygens (including phenoxy) is 1. The number of methoxy groups -OCH3 is 1. The van der Waals surface area contributed by atoms with Crippen molar-refractivity contribution < 1.29 is 14.6 Å². The van der Waals surface area contributed by atoms with Gasteiger partial charge in [-0.15, -0.1) is 0 Å². The van der Waals surface area contributed by atoms with Gasteiger partial charge in [0.05, 0.1) is 24.2 Å². The number of aryl methyl sites for hydroxylation is 1. The lowest BCUT2D eigenvalue weighted by Gasteiger charge is -2.17. The molecule has 1 saturated carbocycles. The van der Waals surface area contributed by atoms with Crippen LogP contribution in [0.5, 0.6) is 5.75 Å². The van der Waals surface area contributed by atoms with Crippen LogP contribution in [0.25, 0.3) is 16.9 Å². The quantitative estimate of drug-likeness (QED) is 0.767. The molecule has 0 spiro atoms. The smallest absolute Gasteiger partial charge is 0.136 e. The largest absolute Gasteiger partial charge is 0.497 e. The van der Waals surface area contributed by atoms with Gasteiger partial charge in [-0.1, -0.05) is 29.8 Å². The van der Waals surface area contributed by atoms with Crippen molar-refractivity contribution >= 4 is 5.78 Å². The first kappa shape index (κ1) is 17.5. The summed E-state index contributed by atoms with van der Waals surface area (Å²) in [5, 5.41) is 15.7. The van der Waals surface area contributed by atoms with Gasteiger partial charge in [-0.2, -0.15) is 5.10 Å².